The molecule has 1 aliphatic heterocycles. The third-order valence-corrected chi connectivity index (χ3v) is 3.94. The highest BCUT2D eigenvalue weighted by molar-refractivity contribution is 5.48. The quantitative estimate of drug-likeness (QED) is 0.855. The van der Waals surface area contributed by atoms with E-state index in [0.717, 1.165) is 23.9 Å². The van der Waals surface area contributed by atoms with E-state index in [0.29, 0.717) is 6.54 Å². The first-order valence-electron chi connectivity index (χ1n) is 7.38. The Labute approximate surface area is 122 Å². The van der Waals surface area contributed by atoms with E-state index in [1.807, 2.05) is 6.07 Å². The second-order valence-corrected chi connectivity index (χ2v) is 5.22. The summed E-state index contributed by atoms with van der Waals surface area (Å²) in [6, 6.07) is 7.01. The number of methoxy groups -OCH3 is 1. The van der Waals surface area contributed by atoms with Gasteiger partial charge in [-0.15, -0.1) is 0 Å². The zero-order chi connectivity index (χ0) is 14.4. The van der Waals surface area contributed by atoms with Crippen LogP contribution >= 0.6 is 0 Å². The van der Waals surface area contributed by atoms with E-state index >= 15 is 0 Å². The Hall–Kier alpha value is -1.50. The van der Waals surface area contributed by atoms with Crippen LogP contribution < -0.4 is 10.5 Å². The summed E-state index contributed by atoms with van der Waals surface area (Å²) in [4.78, 5) is 2.57. The van der Waals surface area contributed by atoms with Crippen LogP contribution in [-0.4, -0.2) is 31.1 Å². The lowest BCUT2D eigenvalue weighted by molar-refractivity contribution is 0.240. The first-order valence-corrected chi connectivity index (χ1v) is 7.38. The average molecular weight is 272 g/mol. The number of likely N-dealkylation sites (tertiary alicyclic amines) is 1. The zero-order valence-electron chi connectivity index (χ0n) is 12.5. The molecule has 1 saturated heterocycles. The van der Waals surface area contributed by atoms with Gasteiger partial charge < -0.3 is 10.5 Å². The second kappa shape index (κ2) is 7.33. The van der Waals surface area contributed by atoms with Crippen molar-refractivity contribution in [1.82, 2.24) is 4.90 Å². The second-order valence-electron chi connectivity index (χ2n) is 5.22. The average Bonchev–Trinajstić information content (AvgIpc) is 2.92. The van der Waals surface area contributed by atoms with E-state index in [-0.39, 0.29) is 0 Å². The molecular weight excluding hydrogens is 248 g/mol. The molecule has 3 nitrogen and oxygen atoms in total. The SMILES string of the molecule is CCC1CCCN1Cc1ccc(OC)c(C#CCN)c1. The molecule has 0 aliphatic carbocycles. The smallest absolute Gasteiger partial charge is 0.134 e. The maximum Gasteiger partial charge on any atom is 0.134 e. The van der Waals surface area contributed by atoms with Gasteiger partial charge in [-0.1, -0.05) is 24.8 Å². The molecule has 0 amide bonds. The molecule has 3 heteroatoms. The molecule has 0 spiro atoms. The van der Waals surface area contributed by atoms with Gasteiger partial charge in [-0.05, 0) is 43.5 Å². The molecule has 108 valence electrons. The van der Waals surface area contributed by atoms with Gasteiger partial charge in [0.1, 0.15) is 5.75 Å². The zero-order valence-corrected chi connectivity index (χ0v) is 12.5. The van der Waals surface area contributed by atoms with Crippen molar-refractivity contribution in [3.05, 3.63) is 29.3 Å². The standard InChI is InChI=1S/C17H24N2O/c1-3-16-7-5-11-19(16)13-14-8-9-17(20-2)15(12-14)6-4-10-18/h8-9,12,16H,3,5,7,10-11,13,18H2,1-2H3. The summed E-state index contributed by atoms with van der Waals surface area (Å²) in [5.41, 5.74) is 7.68. The molecule has 1 heterocycles. The van der Waals surface area contributed by atoms with Crippen molar-refractivity contribution in [3.8, 4) is 17.6 Å². The summed E-state index contributed by atoms with van der Waals surface area (Å²) in [6.07, 6.45) is 3.87. The molecule has 20 heavy (non-hydrogen) atoms. The number of rotatable bonds is 4. The van der Waals surface area contributed by atoms with Gasteiger partial charge in [-0.2, -0.15) is 0 Å². The lowest BCUT2D eigenvalue weighted by Gasteiger charge is -2.23. The van der Waals surface area contributed by atoms with Gasteiger partial charge >= 0.3 is 0 Å². The fourth-order valence-corrected chi connectivity index (χ4v) is 2.90. The Kier molecular flexibility index (Phi) is 5.46. The van der Waals surface area contributed by atoms with E-state index in [4.69, 9.17) is 10.5 Å². The number of benzene rings is 1. The summed E-state index contributed by atoms with van der Waals surface area (Å²) in [6.45, 7) is 4.85. The van der Waals surface area contributed by atoms with Gasteiger partial charge in [0.25, 0.3) is 0 Å². The Bertz CT molecular complexity index is 501. The van der Waals surface area contributed by atoms with Crippen molar-refractivity contribution in [3.63, 3.8) is 0 Å². The Balaban J connectivity index is 2.16. The minimum Gasteiger partial charge on any atom is -0.495 e. The molecule has 0 aromatic heterocycles. The molecule has 1 fully saturated rings. The molecule has 1 aromatic carbocycles. The monoisotopic (exact) mass is 272 g/mol. The summed E-state index contributed by atoms with van der Waals surface area (Å²) < 4.78 is 5.35. The minimum atomic E-state index is 0.372. The van der Waals surface area contributed by atoms with Crippen LogP contribution in [0.5, 0.6) is 5.75 Å². The fraction of sp³-hybridized carbons (Fsp3) is 0.529. The number of ether oxygens (including phenoxy) is 1. The molecule has 1 aromatic rings. The topological polar surface area (TPSA) is 38.5 Å². The molecule has 1 atom stereocenters. The van der Waals surface area contributed by atoms with Gasteiger partial charge in [-0.3, -0.25) is 4.90 Å². The molecule has 2 rings (SSSR count). The van der Waals surface area contributed by atoms with Crippen molar-refractivity contribution in [2.75, 3.05) is 20.2 Å². The molecule has 1 aliphatic rings. The highest BCUT2D eigenvalue weighted by atomic mass is 16.5. The minimum absolute atomic E-state index is 0.372. The third kappa shape index (κ3) is 3.53. The normalized spacial score (nSPS) is 18.6. The predicted molar refractivity (Wildman–Crippen MR) is 82.6 cm³/mol. The van der Waals surface area contributed by atoms with Gasteiger partial charge in [0.2, 0.25) is 0 Å². The molecular formula is C17H24N2O. The van der Waals surface area contributed by atoms with Crippen molar-refractivity contribution < 1.29 is 4.74 Å². The summed E-state index contributed by atoms with van der Waals surface area (Å²) >= 11 is 0. The first kappa shape index (κ1) is 14.9. The third-order valence-electron chi connectivity index (χ3n) is 3.94. The summed E-state index contributed by atoms with van der Waals surface area (Å²) in [7, 11) is 1.68. The highest BCUT2D eigenvalue weighted by Gasteiger charge is 2.22. The molecule has 0 saturated carbocycles. The lowest BCUT2D eigenvalue weighted by atomic mass is 10.1. The van der Waals surface area contributed by atoms with E-state index in [9.17, 15) is 0 Å². The van der Waals surface area contributed by atoms with Crippen molar-refractivity contribution in [2.24, 2.45) is 5.73 Å². The first-order chi connectivity index (χ1) is 9.78. The fourth-order valence-electron chi connectivity index (χ4n) is 2.90. The van der Waals surface area contributed by atoms with Crippen LogP contribution in [0, 0.1) is 11.8 Å². The van der Waals surface area contributed by atoms with E-state index in [1.165, 1.54) is 31.4 Å². The molecule has 1 unspecified atom stereocenters. The van der Waals surface area contributed by atoms with E-state index in [1.54, 1.807) is 7.11 Å². The van der Waals surface area contributed by atoms with Crippen molar-refractivity contribution >= 4 is 0 Å². The van der Waals surface area contributed by atoms with Crippen LogP contribution in [0.4, 0.5) is 0 Å². The molecule has 0 bridgehead atoms. The Morgan fingerprint density at radius 2 is 2.30 bits per heavy atom. The number of hydrogen-bond acceptors (Lipinski definition) is 3. The van der Waals surface area contributed by atoms with Crippen LogP contribution in [0.25, 0.3) is 0 Å². The maximum atomic E-state index is 5.45. The highest BCUT2D eigenvalue weighted by Crippen LogP contribution is 2.24. The maximum absolute atomic E-state index is 5.45. The largest absolute Gasteiger partial charge is 0.495 e. The Morgan fingerprint density at radius 1 is 1.45 bits per heavy atom. The van der Waals surface area contributed by atoms with Crippen molar-refractivity contribution in [1.29, 1.82) is 0 Å². The predicted octanol–water partition coefficient (Wildman–Crippen LogP) is 2.38. The summed E-state index contributed by atoms with van der Waals surface area (Å²) in [5.74, 6) is 6.82. The number of nitrogens with zero attached hydrogens (tertiary/aromatic N) is 1. The number of hydrogen-bond donors (Lipinski definition) is 1. The van der Waals surface area contributed by atoms with Crippen LogP contribution in [0.15, 0.2) is 18.2 Å². The molecule has 2 N–H and O–H groups in total. The Morgan fingerprint density at radius 3 is 3.00 bits per heavy atom. The lowest BCUT2D eigenvalue weighted by Crippen LogP contribution is -2.28. The van der Waals surface area contributed by atoms with Crippen LogP contribution in [0.2, 0.25) is 0 Å². The van der Waals surface area contributed by atoms with Gasteiger partial charge in [0.05, 0.1) is 19.2 Å². The van der Waals surface area contributed by atoms with E-state index in [2.05, 4.69) is 35.8 Å². The van der Waals surface area contributed by atoms with Crippen LogP contribution in [0.1, 0.15) is 37.3 Å². The van der Waals surface area contributed by atoms with E-state index < -0.39 is 0 Å². The number of nitrogens with two attached hydrogens (primary N) is 1. The molecule has 0 radical (unpaired) electrons. The van der Waals surface area contributed by atoms with Gasteiger partial charge in [0, 0.05) is 12.6 Å². The van der Waals surface area contributed by atoms with Crippen molar-refractivity contribution in [2.45, 2.75) is 38.8 Å². The summed E-state index contributed by atoms with van der Waals surface area (Å²) in [5, 5.41) is 0. The van der Waals surface area contributed by atoms with Crippen LogP contribution in [0.3, 0.4) is 0 Å². The van der Waals surface area contributed by atoms with Crippen LogP contribution in [-0.2, 0) is 6.54 Å². The van der Waals surface area contributed by atoms with Gasteiger partial charge in [-0.25, -0.2) is 0 Å². The van der Waals surface area contributed by atoms with Gasteiger partial charge in [0.15, 0.2) is 0 Å².